The molecule has 0 spiro atoms. The molecule has 10 heteroatoms. The summed E-state index contributed by atoms with van der Waals surface area (Å²) in [6, 6.07) is 8.05. The minimum Gasteiger partial charge on any atom is -0.458 e. The van der Waals surface area contributed by atoms with Gasteiger partial charge in [-0.2, -0.15) is 0 Å². The lowest BCUT2D eigenvalue weighted by Gasteiger charge is -2.39. The van der Waals surface area contributed by atoms with Gasteiger partial charge >= 0.3 is 12.1 Å². The van der Waals surface area contributed by atoms with Crippen LogP contribution in [0.4, 0.5) is 4.79 Å². The Labute approximate surface area is 262 Å². The number of unbranched alkanes of at least 4 members (excludes halogenated alkanes) is 1. The fraction of sp³-hybridized carbons (Fsp3) is 0.543. The van der Waals surface area contributed by atoms with Crippen LogP contribution in [0, 0.1) is 0 Å². The smallest absolute Gasteiger partial charge is 0.415 e. The Hall–Kier alpha value is -3.76. The lowest BCUT2D eigenvalue weighted by molar-refractivity contribution is -0.172. The first-order valence-electron chi connectivity index (χ1n) is 16.7. The average molecular weight is 615 g/mol. The first-order chi connectivity index (χ1) is 21.8. The molecular weight excluding hydrogens is 572 g/mol. The number of fused-ring (bicyclic) bond motifs is 5. The molecule has 0 unspecified atom stereocenters. The van der Waals surface area contributed by atoms with Crippen molar-refractivity contribution in [1.29, 1.82) is 0 Å². The van der Waals surface area contributed by atoms with Crippen LogP contribution in [-0.2, 0) is 34.7 Å². The summed E-state index contributed by atoms with van der Waals surface area (Å²) in [6.45, 7) is 7.73. The van der Waals surface area contributed by atoms with Crippen molar-refractivity contribution in [2.24, 2.45) is 0 Å². The Balaban J connectivity index is 1.18. The third kappa shape index (κ3) is 5.12. The predicted molar refractivity (Wildman–Crippen MR) is 169 cm³/mol. The van der Waals surface area contributed by atoms with E-state index in [1.165, 1.54) is 32.4 Å². The fourth-order valence-electron chi connectivity index (χ4n) is 7.65. The molecule has 3 aromatic rings. The van der Waals surface area contributed by atoms with Crippen molar-refractivity contribution in [1.82, 2.24) is 19.4 Å². The number of aromatic nitrogens is 2. The number of ether oxygens (including phenoxy) is 2. The molecule has 1 amide bonds. The van der Waals surface area contributed by atoms with Gasteiger partial charge in [0.25, 0.3) is 5.56 Å². The van der Waals surface area contributed by atoms with Gasteiger partial charge in [-0.05, 0) is 82.3 Å². The number of pyridine rings is 2. The van der Waals surface area contributed by atoms with E-state index in [0.717, 1.165) is 54.1 Å². The van der Waals surface area contributed by atoms with Crippen LogP contribution in [-0.4, -0.2) is 68.7 Å². The van der Waals surface area contributed by atoms with Crippen molar-refractivity contribution in [3.05, 3.63) is 56.9 Å². The largest absolute Gasteiger partial charge is 0.458 e. The number of hydrogen-bond donors (Lipinski definition) is 1. The molecule has 1 aromatic carbocycles. The highest BCUT2D eigenvalue weighted by atomic mass is 16.6. The van der Waals surface area contributed by atoms with Crippen LogP contribution in [0.3, 0.4) is 0 Å². The van der Waals surface area contributed by atoms with Crippen molar-refractivity contribution in [2.45, 2.75) is 96.4 Å². The van der Waals surface area contributed by atoms with Gasteiger partial charge in [0.2, 0.25) is 0 Å². The van der Waals surface area contributed by atoms with Gasteiger partial charge in [-0.25, -0.2) is 14.6 Å². The highest BCUT2D eigenvalue weighted by Gasteiger charge is 2.45. The standard InChI is InChI=1S/C35H42N4O6/c1-3-5-9-24-25-18-22-20-39-29(19-27-26(32(39)40)21-44-33(41)35(27,43)4-2)31(22)36-28(25)10-11-30(24)45-34(42)38-16-12-23(13-17-38)37-14-7-6-8-15-37/h10-11,18-19,23,43H,3-9,12-17,20-21H2,1-2H3/t35-/m0/s1. The maximum atomic E-state index is 13.6. The van der Waals surface area contributed by atoms with E-state index in [1.54, 1.807) is 17.6 Å². The summed E-state index contributed by atoms with van der Waals surface area (Å²) in [7, 11) is 0. The molecule has 2 aromatic heterocycles. The molecule has 0 radical (unpaired) electrons. The highest BCUT2D eigenvalue weighted by Crippen LogP contribution is 2.40. The monoisotopic (exact) mass is 614 g/mol. The van der Waals surface area contributed by atoms with Crippen LogP contribution in [0.5, 0.6) is 5.75 Å². The van der Waals surface area contributed by atoms with Crippen LogP contribution in [0.25, 0.3) is 22.3 Å². The number of esters is 1. The first-order valence-corrected chi connectivity index (χ1v) is 16.7. The third-order valence-corrected chi connectivity index (χ3v) is 10.4. The molecule has 4 aliphatic heterocycles. The summed E-state index contributed by atoms with van der Waals surface area (Å²) in [5.74, 6) is -0.173. The summed E-state index contributed by atoms with van der Waals surface area (Å²) in [5, 5.41) is 12.1. The SMILES string of the molecule is CCCCc1c(OC(=O)N2CCC(N3CCCCC3)CC2)ccc2nc3c(cc12)Cn1c-3cc2c(c1=O)COC(=O)[C@]2(O)CC. The summed E-state index contributed by atoms with van der Waals surface area (Å²) in [4.78, 5) is 48.9. The van der Waals surface area contributed by atoms with Crippen molar-refractivity contribution in [2.75, 3.05) is 26.2 Å². The van der Waals surface area contributed by atoms with E-state index in [9.17, 15) is 19.5 Å². The number of aryl methyl sites for hydroxylation is 1. The molecular formula is C35H42N4O6. The van der Waals surface area contributed by atoms with E-state index in [4.69, 9.17) is 14.5 Å². The van der Waals surface area contributed by atoms with Gasteiger partial charge in [0, 0.05) is 41.2 Å². The number of cyclic esters (lactones) is 1. The Kier molecular flexibility index (Phi) is 7.90. The number of likely N-dealkylation sites (tertiary alicyclic amines) is 2. The number of nitrogens with zero attached hydrogens (tertiary/aromatic N) is 4. The highest BCUT2D eigenvalue weighted by molar-refractivity contribution is 5.90. The van der Waals surface area contributed by atoms with Gasteiger partial charge in [0.1, 0.15) is 12.4 Å². The second kappa shape index (κ2) is 11.9. The zero-order chi connectivity index (χ0) is 31.3. The molecule has 7 rings (SSSR count). The van der Waals surface area contributed by atoms with Crippen LogP contribution < -0.4 is 10.3 Å². The molecule has 2 saturated heterocycles. The molecule has 238 valence electrons. The molecule has 0 aliphatic carbocycles. The van der Waals surface area contributed by atoms with Crippen LogP contribution in [0.15, 0.2) is 29.1 Å². The first kappa shape index (κ1) is 29.9. The topological polar surface area (TPSA) is 114 Å². The summed E-state index contributed by atoms with van der Waals surface area (Å²) >= 11 is 0. The summed E-state index contributed by atoms with van der Waals surface area (Å²) in [6.07, 6.45) is 8.25. The van der Waals surface area contributed by atoms with E-state index in [0.29, 0.717) is 53.9 Å². The van der Waals surface area contributed by atoms with Crippen molar-refractivity contribution >= 4 is 23.0 Å². The molecule has 0 saturated carbocycles. The van der Waals surface area contributed by atoms with E-state index in [1.807, 2.05) is 17.0 Å². The minimum atomic E-state index is -1.86. The van der Waals surface area contributed by atoms with Crippen molar-refractivity contribution in [3.8, 4) is 17.1 Å². The Morgan fingerprint density at radius 2 is 1.87 bits per heavy atom. The minimum absolute atomic E-state index is 0.0957. The number of rotatable bonds is 6. The summed E-state index contributed by atoms with van der Waals surface area (Å²) in [5.41, 5.74) is 2.25. The summed E-state index contributed by atoms with van der Waals surface area (Å²) < 4.78 is 12.9. The van der Waals surface area contributed by atoms with Crippen LogP contribution in [0.2, 0.25) is 0 Å². The lowest BCUT2D eigenvalue weighted by Crippen LogP contribution is -2.48. The number of piperidine rings is 2. The molecule has 4 aliphatic rings. The van der Waals surface area contributed by atoms with E-state index >= 15 is 0 Å². The van der Waals surface area contributed by atoms with Crippen molar-refractivity contribution in [3.63, 3.8) is 0 Å². The predicted octanol–water partition coefficient (Wildman–Crippen LogP) is 4.87. The van der Waals surface area contributed by atoms with Crippen LogP contribution >= 0.6 is 0 Å². The number of carbonyl (C=O) groups excluding carboxylic acids is 2. The Bertz CT molecular complexity index is 1720. The molecule has 6 heterocycles. The van der Waals surface area contributed by atoms with Gasteiger partial charge in [0.15, 0.2) is 5.60 Å². The Morgan fingerprint density at radius 3 is 2.60 bits per heavy atom. The fourth-order valence-corrected chi connectivity index (χ4v) is 7.65. The molecule has 2 fully saturated rings. The molecule has 1 N–H and O–H groups in total. The van der Waals surface area contributed by atoms with Crippen molar-refractivity contribution < 1.29 is 24.2 Å². The molecule has 10 nitrogen and oxygen atoms in total. The maximum Gasteiger partial charge on any atom is 0.415 e. The average Bonchev–Trinajstić information content (AvgIpc) is 3.43. The third-order valence-electron chi connectivity index (χ3n) is 10.4. The molecule has 1 atom stereocenters. The van der Waals surface area contributed by atoms with Gasteiger partial charge in [-0.1, -0.05) is 26.7 Å². The Morgan fingerprint density at radius 1 is 1.09 bits per heavy atom. The van der Waals surface area contributed by atoms with E-state index in [2.05, 4.69) is 17.9 Å². The van der Waals surface area contributed by atoms with Gasteiger partial charge in [-0.3, -0.25) is 4.79 Å². The molecule has 0 bridgehead atoms. The maximum absolute atomic E-state index is 13.6. The number of benzene rings is 1. The normalized spacial score (nSPS) is 21.8. The van der Waals surface area contributed by atoms with Gasteiger partial charge in [0.05, 0.1) is 29.0 Å². The van der Waals surface area contributed by atoms with E-state index < -0.39 is 11.6 Å². The number of amides is 1. The number of aliphatic hydroxyl groups is 1. The second-order valence-electron chi connectivity index (χ2n) is 13.0. The zero-order valence-electron chi connectivity index (χ0n) is 26.3. The van der Waals surface area contributed by atoms with Gasteiger partial charge in [-0.15, -0.1) is 0 Å². The van der Waals surface area contributed by atoms with Gasteiger partial charge < -0.3 is 28.9 Å². The second-order valence-corrected chi connectivity index (χ2v) is 13.0. The lowest BCUT2D eigenvalue weighted by atomic mass is 9.86. The quantitative estimate of drug-likeness (QED) is 0.306. The number of hydrogen-bond acceptors (Lipinski definition) is 8. The van der Waals surface area contributed by atoms with Crippen LogP contribution in [0.1, 0.15) is 87.5 Å². The van der Waals surface area contributed by atoms with E-state index in [-0.39, 0.29) is 24.7 Å². The molecule has 45 heavy (non-hydrogen) atoms. The zero-order valence-corrected chi connectivity index (χ0v) is 26.3. The number of carbonyl (C=O) groups is 2.